The Kier molecular flexibility index (Phi) is 5.83. The molecule has 2 rings (SSSR count). The summed E-state index contributed by atoms with van der Waals surface area (Å²) in [7, 11) is 1.61. The Balaban J connectivity index is 1.82. The highest BCUT2D eigenvalue weighted by atomic mass is 32.1. The molecule has 0 bridgehead atoms. The van der Waals surface area contributed by atoms with Crippen LogP contribution in [-0.4, -0.2) is 26.2 Å². The van der Waals surface area contributed by atoms with Crippen LogP contribution in [0.5, 0.6) is 11.5 Å². The van der Waals surface area contributed by atoms with Gasteiger partial charge in [-0.15, -0.1) is 11.3 Å². The molecular weight excluding hydrogens is 298 g/mol. The van der Waals surface area contributed by atoms with Gasteiger partial charge in [-0.25, -0.2) is 0 Å². The second-order valence-corrected chi connectivity index (χ2v) is 6.06. The second kappa shape index (κ2) is 7.84. The molecule has 0 aliphatic carbocycles. The highest BCUT2D eigenvalue weighted by Crippen LogP contribution is 2.25. The van der Waals surface area contributed by atoms with E-state index in [2.05, 4.69) is 12.2 Å². The molecule has 1 heterocycles. The van der Waals surface area contributed by atoms with Gasteiger partial charge in [0, 0.05) is 4.88 Å². The molecule has 1 N–H and O–H groups in total. The summed E-state index contributed by atoms with van der Waals surface area (Å²) in [6, 6.07) is 9.43. The molecule has 1 aromatic heterocycles. The highest BCUT2D eigenvalue weighted by Gasteiger charge is 2.11. The zero-order chi connectivity index (χ0) is 15.9. The summed E-state index contributed by atoms with van der Waals surface area (Å²) in [4.78, 5) is 14.0. The Morgan fingerprint density at radius 1 is 1.27 bits per heavy atom. The molecule has 4 nitrogen and oxygen atoms in total. The van der Waals surface area contributed by atoms with Gasteiger partial charge in [0.15, 0.2) is 11.5 Å². The molecule has 0 unspecified atom stereocenters. The number of benzene rings is 1. The van der Waals surface area contributed by atoms with Crippen LogP contribution in [0.1, 0.15) is 27.0 Å². The van der Waals surface area contributed by atoms with Crippen LogP contribution in [0.25, 0.3) is 0 Å². The summed E-state index contributed by atoms with van der Waals surface area (Å²) < 4.78 is 10.8. The van der Waals surface area contributed by atoms with Crippen molar-refractivity contribution >= 4 is 17.2 Å². The first kappa shape index (κ1) is 16.4. The van der Waals surface area contributed by atoms with Crippen LogP contribution < -0.4 is 14.8 Å². The molecule has 0 spiro atoms. The van der Waals surface area contributed by atoms with E-state index in [1.807, 2.05) is 37.3 Å². The van der Waals surface area contributed by atoms with E-state index in [9.17, 15) is 4.79 Å². The van der Waals surface area contributed by atoms with E-state index in [4.69, 9.17) is 9.47 Å². The summed E-state index contributed by atoms with van der Waals surface area (Å²) in [6.45, 7) is 5.00. The van der Waals surface area contributed by atoms with Gasteiger partial charge in [0.1, 0.15) is 6.61 Å². The van der Waals surface area contributed by atoms with Crippen molar-refractivity contribution in [1.29, 1.82) is 0 Å². The van der Waals surface area contributed by atoms with Gasteiger partial charge >= 0.3 is 0 Å². The van der Waals surface area contributed by atoms with Gasteiger partial charge in [0.25, 0.3) is 5.91 Å². The number of para-hydroxylation sites is 2. The lowest BCUT2D eigenvalue weighted by molar-refractivity contribution is 0.0951. The van der Waals surface area contributed by atoms with Crippen molar-refractivity contribution < 1.29 is 14.3 Å². The normalized spacial score (nSPS) is 10.3. The average Bonchev–Trinajstić information content (AvgIpc) is 2.92. The predicted molar refractivity (Wildman–Crippen MR) is 89.3 cm³/mol. The van der Waals surface area contributed by atoms with E-state index < -0.39 is 0 Å². The molecule has 5 heteroatoms. The zero-order valence-corrected chi connectivity index (χ0v) is 14.0. The van der Waals surface area contributed by atoms with E-state index in [1.54, 1.807) is 7.11 Å². The quantitative estimate of drug-likeness (QED) is 0.795. The van der Waals surface area contributed by atoms with E-state index in [1.165, 1.54) is 21.8 Å². The fourth-order valence-electron chi connectivity index (χ4n) is 2.13. The third kappa shape index (κ3) is 4.01. The number of hydrogen-bond acceptors (Lipinski definition) is 4. The lowest BCUT2D eigenvalue weighted by atomic mass is 10.2. The summed E-state index contributed by atoms with van der Waals surface area (Å²) in [5.41, 5.74) is 1.24. The van der Waals surface area contributed by atoms with Crippen LogP contribution in [0, 0.1) is 6.92 Å². The molecule has 0 aliphatic rings. The average molecular weight is 319 g/mol. The summed E-state index contributed by atoms with van der Waals surface area (Å²) >= 11 is 1.53. The van der Waals surface area contributed by atoms with E-state index >= 15 is 0 Å². The largest absolute Gasteiger partial charge is 0.493 e. The Bertz CT molecular complexity index is 637. The number of methoxy groups -OCH3 is 1. The molecule has 0 aliphatic heterocycles. The maximum absolute atomic E-state index is 12.1. The van der Waals surface area contributed by atoms with Crippen molar-refractivity contribution in [3.8, 4) is 11.5 Å². The minimum absolute atomic E-state index is 0.0450. The van der Waals surface area contributed by atoms with Crippen LogP contribution in [0.3, 0.4) is 0 Å². The highest BCUT2D eigenvalue weighted by molar-refractivity contribution is 7.14. The zero-order valence-electron chi connectivity index (χ0n) is 13.1. The number of aryl methyl sites for hydroxylation is 2. The SMILES string of the molecule is CCc1cc(C(=O)NCCOc2ccccc2OC)sc1C. The minimum atomic E-state index is -0.0450. The Morgan fingerprint density at radius 2 is 2.00 bits per heavy atom. The maximum atomic E-state index is 12.1. The molecule has 22 heavy (non-hydrogen) atoms. The molecule has 1 aromatic carbocycles. The molecule has 118 valence electrons. The molecule has 0 fully saturated rings. The number of amides is 1. The topological polar surface area (TPSA) is 47.6 Å². The molecule has 0 atom stereocenters. The fraction of sp³-hybridized carbons (Fsp3) is 0.353. The van der Waals surface area contributed by atoms with Crippen LogP contribution in [0.2, 0.25) is 0 Å². The van der Waals surface area contributed by atoms with Crippen LogP contribution >= 0.6 is 11.3 Å². The first-order valence-electron chi connectivity index (χ1n) is 7.29. The van der Waals surface area contributed by atoms with Gasteiger partial charge in [-0.2, -0.15) is 0 Å². The Morgan fingerprint density at radius 3 is 2.64 bits per heavy atom. The number of rotatable bonds is 7. The van der Waals surface area contributed by atoms with Crippen molar-refractivity contribution in [1.82, 2.24) is 5.32 Å². The van der Waals surface area contributed by atoms with Gasteiger partial charge in [0.05, 0.1) is 18.5 Å². The van der Waals surface area contributed by atoms with Crippen molar-refractivity contribution in [2.45, 2.75) is 20.3 Å². The number of ether oxygens (including phenoxy) is 2. The van der Waals surface area contributed by atoms with E-state index in [0.29, 0.717) is 24.7 Å². The first-order chi connectivity index (χ1) is 10.7. The molecule has 0 saturated carbocycles. The summed E-state index contributed by atoms with van der Waals surface area (Å²) in [5, 5.41) is 2.88. The lowest BCUT2D eigenvalue weighted by Gasteiger charge is -2.10. The van der Waals surface area contributed by atoms with E-state index in [0.717, 1.165) is 11.3 Å². The first-order valence-corrected chi connectivity index (χ1v) is 8.10. The number of nitrogens with one attached hydrogen (secondary N) is 1. The second-order valence-electron chi connectivity index (χ2n) is 4.80. The van der Waals surface area contributed by atoms with E-state index in [-0.39, 0.29) is 5.91 Å². The van der Waals surface area contributed by atoms with Crippen molar-refractivity contribution in [3.05, 3.63) is 45.6 Å². The molecule has 0 radical (unpaired) electrons. The monoisotopic (exact) mass is 319 g/mol. The van der Waals surface area contributed by atoms with Gasteiger partial charge in [-0.3, -0.25) is 4.79 Å². The van der Waals surface area contributed by atoms with Gasteiger partial charge in [-0.05, 0) is 37.1 Å². The summed E-state index contributed by atoms with van der Waals surface area (Å²) in [6.07, 6.45) is 0.951. The minimum Gasteiger partial charge on any atom is -0.493 e. The molecule has 1 amide bonds. The lowest BCUT2D eigenvalue weighted by Crippen LogP contribution is -2.27. The molecule has 2 aromatic rings. The Labute approximate surface area is 135 Å². The third-order valence-corrected chi connectivity index (χ3v) is 4.43. The van der Waals surface area contributed by atoms with Crippen molar-refractivity contribution in [3.63, 3.8) is 0 Å². The van der Waals surface area contributed by atoms with Gasteiger partial charge in [0.2, 0.25) is 0 Å². The predicted octanol–water partition coefficient (Wildman–Crippen LogP) is 3.44. The standard InChI is InChI=1S/C17H21NO3S/c1-4-13-11-16(22-12(13)2)17(19)18-9-10-21-15-8-6-5-7-14(15)20-3/h5-8,11H,4,9-10H2,1-3H3,(H,18,19). The van der Waals surface area contributed by atoms with Crippen LogP contribution in [0.4, 0.5) is 0 Å². The van der Waals surface area contributed by atoms with Crippen molar-refractivity contribution in [2.24, 2.45) is 0 Å². The fourth-order valence-corrected chi connectivity index (χ4v) is 3.16. The maximum Gasteiger partial charge on any atom is 0.261 e. The smallest absolute Gasteiger partial charge is 0.261 e. The van der Waals surface area contributed by atoms with Crippen molar-refractivity contribution in [2.75, 3.05) is 20.3 Å². The van der Waals surface area contributed by atoms with Gasteiger partial charge < -0.3 is 14.8 Å². The van der Waals surface area contributed by atoms with Crippen LogP contribution in [0.15, 0.2) is 30.3 Å². The number of hydrogen-bond donors (Lipinski definition) is 1. The molecular formula is C17H21NO3S. The Hall–Kier alpha value is -2.01. The summed E-state index contributed by atoms with van der Waals surface area (Å²) in [5.74, 6) is 1.33. The number of carbonyl (C=O) groups is 1. The van der Waals surface area contributed by atoms with Crippen LogP contribution in [-0.2, 0) is 6.42 Å². The molecule has 0 saturated heterocycles. The number of carbonyl (C=O) groups excluding carboxylic acids is 1. The number of thiophene rings is 1. The third-order valence-electron chi connectivity index (χ3n) is 3.34. The van der Waals surface area contributed by atoms with Gasteiger partial charge in [-0.1, -0.05) is 19.1 Å².